The van der Waals surface area contributed by atoms with Gasteiger partial charge in [0.1, 0.15) is 0 Å². The van der Waals surface area contributed by atoms with Crippen molar-refractivity contribution in [2.24, 2.45) is 0 Å². The van der Waals surface area contributed by atoms with Gasteiger partial charge in [0.2, 0.25) is 10.0 Å². The lowest BCUT2D eigenvalue weighted by Crippen LogP contribution is -2.27. The van der Waals surface area contributed by atoms with Crippen molar-refractivity contribution in [1.29, 1.82) is 0 Å². The summed E-state index contributed by atoms with van der Waals surface area (Å²) in [5, 5.41) is 17.3. The second-order valence-electron chi connectivity index (χ2n) is 8.76. The van der Waals surface area contributed by atoms with Crippen LogP contribution in [0.4, 0.5) is 17.1 Å². The molecule has 1 amide bonds. The molecular formula is C26H27N5O5S. The summed E-state index contributed by atoms with van der Waals surface area (Å²) in [6.07, 6.45) is 0.682. The normalized spacial score (nSPS) is 14.3. The van der Waals surface area contributed by atoms with Crippen LogP contribution in [-0.2, 0) is 14.8 Å². The zero-order valence-electron chi connectivity index (χ0n) is 20.4. The Hall–Kier alpha value is -4.06. The maximum atomic E-state index is 13.0. The number of carbonyl (C=O) groups excluding carboxylic acids is 1. The lowest BCUT2D eigenvalue weighted by atomic mass is 9.99. The molecule has 3 N–H and O–H groups in total. The quantitative estimate of drug-likeness (QED) is 0.160. The Bertz CT molecular complexity index is 1450. The smallest absolute Gasteiger partial charge is 0.270 e. The monoisotopic (exact) mass is 521 g/mol. The first-order valence-electron chi connectivity index (χ1n) is 11.6. The Labute approximate surface area is 215 Å². The predicted molar refractivity (Wildman–Crippen MR) is 143 cm³/mol. The van der Waals surface area contributed by atoms with Crippen molar-refractivity contribution in [3.8, 4) is 0 Å². The number of carbonyl (C=O) groups is 1. The molecule has 0 unspecified atom stereocenters. The predicted octanol–water partition coefficient (Wildman–Crippen LogP) is 3.76. The van der Waals surface area contributed by atoms with E-state index in [0.717, 1.165) is 6.54 Å². The molecule has 0 aromatic heterocycles. The molecule has 0 aliphatic carbocycles. The van der Waals surface area contributed by atoms with Crippen LogP contribution in [0.15, 0.2) is 77.7 Å². The lowest BCUT2D eigenvalue weighted by Gasteiger charge is -2.15. The van der Waals surface area contributed by atoms with Crippen molar-refractivity contribution in [3.63, 3.8) is 0 Å². The van der Waals surface area contributed by atoms with E-state index in [9.17, 15) is 23.3 Å². The van der Waals surface area contributed by atoms with E-state index in [-0.39, 0.29) is 16.2 Å². The number of fused-ring (bicyclic) bond motifs is 1. The fourth-order valence-electron chi connectivity index (χ4n) is 3.95. The minimum absolute atomic E-state index is 0.122. The van der Waals surface area contributed by atoms with Gasteiger partial charge in [0.05, 0.1) is 21.1 Å². The Morgan fingerprint density at radius 3 is 2.38 bits per heavy atom. The van der Waals surface area contributed by atoms with Gasteiger partial charge in [0.25, 0.3) is 11.6 Å². The van der Waals surface area contributed by atoms with Crippen LogP contribution in [0.3, 0.4) is 0 Å². The third kappa shape index (κ3) is 6.02. The van der Waals surface area contributed by atoms with Crippen LogP contribution in [0.1, 0.15) is 17.5 Å². The third-order valence-electron chi connectivity index (χ3n) is 5.78. The van der Waals surface area contributed by atoms with Crippen molar-refractivity contribution < 1.29 is 18.1 Å². The van der Waals surface area contributed by atoms with Crippen LogP contribution in [0.2, 0.25) is 0 Å². The van der Waals surface area contributed by atoms with Gasteiger partial charge in [-0.05, 0) is 63.0 Å². The molecule has 3 aromatic carbocycles. The number of anilines is 2. The van der Waals surface area contributed by atoms with Crippen LogP contribution >= 0.6 is 0 Å². The van der Waals surface area contributed by atoms with Crippen molar-refractivity contribution in [1.82, 2.24) is 9.62 Å². The van der Waals surface area contributed by atoms with E-state index < -0.39 is 20.9 Å². The molecule has 0 bridgehead atoms. The molecule has 192 valence electrons. The van der Waals surface area contributed by atoms with Crippen LogP contribution in [0, 0.1) is 10.1 Å². The van der Waals surface area contributed by atoms with E-state index in [1.54, 1.807) is 12.1 Å². The van der Waals surface area contributed by atoms with Crippen molar-refractivity contribution in [3.05, 3.63) is 94.0 Å². The Kier molecular flexibility index (Phi) is 7.67. The van der Waals surface area contributed by atoms with Crippen molar-refractivity contribution in [2.45, 2.75) is 11.3 Å². The maximum Gasteiger partial charge on any atom is 0.270 e. The van der Waals surface area contributed by atoms with E-state index in [1.165, 1.54) is 30.3 Å². The van der Waals surface area contributed by atoms with Crippen molar-refractivity contribution >= 4 is 44.3 Å². The molecule has 0 radical (unpaired) electrons. The van der Waals surface area contributed by atoms with Crippen LogP contribution in [-0.4, -0.2) is 51.3 Å². The highest BCUT2D eigenvalue weighted by molar-refractivity contribution is 7.89. The number of non-ortho nitro benzene ring substituents is 1. The molecule has 4 rings (SSSR count). The first-order valence-corrected chi connectivity index (χ1v) is 13.1. The summed E-state index contributed by atoms with van der Waals surface area (Å²) in [6, 6.07) is 19.5. The van der Waals surface area contributed by atoms with Crippen LogP contribution in [0.25, 0.3) is 11.3 Å². The molecule has 1 aliphatic rings. The largest absolute Gasteiger partial charge is 0.354 e. The standard InChI is InChI=1S/C26H27N5O5S/c1-30(2)16-6-15-27-37(35,36)21-12-9-19(10-13-21)28-25(18-7-4-3-5-8-18)24-22-17-20(31(33)34)11-14-23(22)29-26(24)32/h3-5,7-14,17,27-28H,6,15-16H2,1-2H3,(H,29,32). The minimum atomic E-state index is -3.67. The number of nitrogens with zero attached hydrogens (tertiary/aromatic N) is 2. The Balaban J connectivity index is 1.67. The second-order valence-corrected chi connectivity index (χ2v) is 10.5. The van der Waals surface area contributed by atoms with Gasteiger partial charge in [-0.3, -0.25) is 14.9 Å². The fraction of sp³-hybridized carbons (Fsp3) is 0.192. The molecule has 10 nitrogen and oxygen atoms in total. The second kappa shape index (κ2) is 10.9. The highest BCUT2D eigenvalue weighted by Gasteiger charge is 2.30. The zero-order chi connectivity index (χ0) is 26.6. The number of hydrogen-bond donors (Lipinski definition) is 3. The van der Waals surface area contributed by atoms with Gasteiger partial charge >= 0.3 is 0 Å². The van der Waals surface area contributed by atoms with E-state index in [1.807, 2.05) is 49.3 Å². The number of rotatable bonds is 10. The molecule has 3 aromatic rings. The summed E-state index contributed by atoms with van der Waals surface area (Å²) in [7, 11) is 0.181. The topological polar surface area (TPSA) is 134 Å². The molecule has 11 heteroatoms. The van der Waals surface area contributed by atoms with E-state index >= 15 is 0 Å². The van der Waals surface area contributed by atoms with Gasteiger partial charge in [-0.2, -0.15) is 0 Å². The first-order chi connectivity index (χ1) is 17.7. The van der Waals surface area contributed by atoms with Crippen LogP contribution in [0.5, 0.6) is 0 Å². The van der Waals surface area contributed by atoms with Crippen LogP contribution < -0.4 is 15.4 Å². The molecule has 0 saturated heterocycles. The number of nitrogens with one attached hydrogen (secondary N) is 3. The fourth-order valence-corrected chi connectivity index (χ4v) is 5.02. The SMILES string of the molecule is CN(C)CCCNS(=O)(=O)c1ccc(NC(=C2C(=O)Nc3ccc([N+](=O)[O-])cc32)c2ccccc2)cc1. The van der Waals surface area contributed by atoms with Gasteiger partial charge < -0.3 is 15.5 Å². The summed E-state index contributed by atoms with van der Waals surface area (Å²) < 4.78 is 27.9. The molecule has 0 fully saturated rings. The van der Waals surface area contributed by atoms with Crippen molar-refractivity contribution in [2.75, 3.05) is 37.8 Å². The Morgan fingerprint density at radius 2 is 1.73 bits per heavy atom. The Morgan fingerprint density at radius 1 is 1.03 bits per heavy atom. The first kappa shape index (κ1) is 26.0. The van der Waals surface area contributed by atoms with Gasteiger partial charge in [0.15, 0.2) is 0 Å². The van der Waals surface area contributed by atoms with Gasteiger partial charge in [-0.25, -0.2) is 13.1 Å². The summed E-state index contributed by atoms with van der Waals surface area (Å²) in [4.78, 5) is 26.0. The van der Waals surface area contributed by atoms with E-state index in [0.29, 0.717) is 41.2 Å². The van der Waals surface area contributed by atoms with Gasteiger partial charge in [-0.15, -0.1) is 0 Å². The third-order valence-corrected chi connectivity index (χ3v) is 7.26. The summed E-state index contributed by atoms with van der Waals surface area (Å²) >= 11 is 0. The highest BCUT2D eigenvalue weighted by Crippen LogP contribution is 2.39. The number of nitro groups is 1. The summed E-state index contributed by atoms with van der Waals surface area (Å²) in [5.74, 6) is -0.400. The number of nitro benzene ring substituents is 1. The molecule has 1 heterocycles. The molecule has 0 atom stereocenters. The minimum Gasteiger partial charge on any atom is -0.354 e. The average Bonchev–Trinajstić information content (AvgIpc) is 3.20. The van der Waals surface area contributed by atoms with Gasteiger partial charge in [-0.1, -0.05) is 30.3 Å². The number of amides is 1. The summed E-state index contributed by atoms with van der Waals surface area (Å²) in [5.41, 5.74) is 2.68. The summed E-state index contributed by atoms with van der Waals surface area (Å²) in [6.45, 7) is 1.09. The molecular weight excluding hydrogens is 494 g/mol. The van der Waals surface area contributed by atoms with E-state index in [2.05, 4.69) is 15.4 Å². The molecule has 1 aliphatic heterocycles. The molecule has 0 saturated carbocycles. The average molecular weight is 522 g/mol. The zero-order valence-corrected chi connectivity index (χ0v) is 21.2. The number of hydrogen-bond acceptors (Lipinski definition) is 7. The highest BCUT2D eigenvalue weighted by atomic mass is 32.2. The number of sulfonamides is 1. The maximum absolute atomic E-state index is 13.0. The number of benzene rings is 3. The molecule has 0 spiro atoms. The molecule has 37 heavy (non-hydrogen) atoms. The van der Waals surface area contributed by atoms with Gasteiger partial charge in [0, 0.05) is 35.6 Å². The lowest BCUT2D eigenvalue weighted by molar-refractivity contribution is -0.384. The van der Waals surface area contributed by atoms with E-state index in [4.69, 9.17) is 0 Å².